The van der Waals surface area contributed by atoms with Crippen LogP contribution in [0, 0.1) is 0 Å². The Kier molecular flexibility index (Phi) is 6.98. The van der Waals surface area contributed by atoms with E-state index in [4.69, 9.17) is 4.74 Å². The van der Waals surface area contributed by atoms with Crippen LogP contribution >= 0.6 is 15.9 Å². The Bertz CT molecular complexity index is 1090. The van der Waals surface area contributed by atoms with E-state index in [1.165, 1.54) is 0 Å². The molecule has 0 saturated carbocycles. The number of ether oxygens (including phenoxy) is 1. The fourth-order valence-corrected chi connectivity index (χ4v) is 3.06. The van der Waals surface area contributed by atoms with Crippen molar-refractivity contribution in [2.75, 3.05) is 12.4 Å². The van der Waals surface area contributed by atoms with Gasteiger partial charge in [0.05, 0.1) is 12.8 Å². The molecule has 30 heavy (non-hydrogen) atoms. The Balaban J connectivity index is 1.68. The number of amides is 2. The minimum atomic E-state index is -0.306. The third-order valence-corrected chi connectivity index (χ3v) is 4.80. The van der Waals surface area contributed by atoms with Gasteiger partial charge < -0.3 is 10.1 Å². The molecule has 0 heterocycles. The Labute approximate surface area is 183 Å². The molecular formula is C23H20BrN3O3. The van der Waals surface area contributed by atoms with E-state index < -0.39 is 0 Å². The van der Waals surface area contributed by atoms with E-state index in [1.807, 2.05) is 18.2 Å². The van der Waals surface area contributed by atoms with Gasteiger partial charge in [-0.2, -0.15) is 5.10 Å². The summed E-state index contributed by atoms with van der Waals surface area (Å²) in [4.78, 5) is 24.7. The van der Waals surface area contributed by atoms with Crippen molar-refractivity contribution in [3.05, 3.63) is 94.0 Å². The third-order valence-electron chi connectivity index (χ3n) is 4.30. The van der Waals surface area contributed by atoms with Crippen LogP contribution in [-0.4, -0.2) is 24.6 Å². The monoisotopic (exact) mass is 465 g/mol. The Hall–Kier alpha value is -3.45. The number of carbonyl (C=O) groups is 2. The van der Waals surface area contributed by atoms with Crippen molar-refractivity contribution in [1.29, 1.82) is 0 Å². The average Bonchev–Trinajstić information content (AvgIpc) is 2.77. The highest BCUT2D eigenvalue weighted by molar-refractivity contribution is 9.10. The minimum Gasteiger partial charge on any atom is -0.497 e. The molecule has 2 N–H and O–H groups in total. The second kappa shape index (κ2) is 9.84. The van der Waals surface area contributed by atoms with E-state index >= 15 is 0 Å². The zero-order valence-corrected chi connectivity index (χ0v) is 18.1. The number of methoxy groups -OCH3 is 1. The third kappa shape index (κ3) is 5.55. The highest BCUT2D eigenvalue weighted by Gasteiger charge is 2.08. The predicted octanol–water partition coefficient (Wildman–Crippen LogP) is 4.86. The quantitative estimate of drug-likeness (QED) is 0.402. The van der Waals surface area contributed by atoms with Crippen LogP contribution in [0.25, 0.3) is 0 Å². The van der Waals surface area contributed by atoms with E-state index in [2.05, 4.69) is 31.8 Å². The fourth-order valence-electron chi connectivity index (χ4n) is 2.66. The summed E-state index contributed by atoms with van der Waals surface area (Å²) < 4.78 is 5.92. The SMILES string of the molecule is COc1ccc(C(=O)Nc2cccc(/C(C)=N/NC(=O)c3cccc(Br)c3)c2)cc1. The van der Waals surface area contributed by atoms with Crippen LogP contribution in [-0.2, 0) is 0 Å². The Morgan fingerprint density at radius 2 is 1.57 bits per heavy atom. The molecule has 152 valence electrons. The molecule has 7 heteroatoms. The zero-order valence-electron chi connectivity index (χ0n) is 16.5. The lowest BCUT2D eigenvalue weighted by Crippen LogP contribution is -2.19. The lowest BCUT2D eigenvalue weighted by atomic mass is 10.1. The van der Waals surface area contributed by atoms with Crippen LogP contribution in [0.3, 0.4) is 0 Å². The number of rotatable bonds is 6. The number of carbonyl (C=O) groups excluding carboxylic acids is 2. The van der Waals surface area contributed by atoms with E-state index in [9.17, 15) is 9.59 Å². The van der Waals surface area contributed by atoms with Crippen molar-refractivity contribution >= 4 is 39.1 Å². The summed E-state index contributed by atoms with van der Waals surface area (Å²) in [6, 6.07) is 21.2. The molecule has 0 fully saturated rings. The number of hydrogen-bond donors (Lipinski definition) is 2. The van der Waals surface area contributed by atoms with Crippen LogP contribution in [0.5, 0.6) is 5.75 Å². The first-order valence-electron chi connectivity index (χ1n) is 9.12. The van der Waals surface area contributed by atoms with Crippen molar-refractivity contribution in [3.63, 3.8) is 0 Å². The maximum atomic E-state index is 12.5. The van der Waals surface area contributed by atoms with Gasteiger partial charge in [0.2, 0.25) is 0 Å². The van der Waals surface area contributed by atoms with Crippen LogP contribution in [0.2, 0.25) is 0 Å². The lowest BCUT2D eigenvalue weighted by Gasteiger charge is -2.08. The molecule has 0 aliphatic heterocycles. The second-order valence-electron chi connectivity index (χ2n) is 6.41. The van der Waals surface area contributed by atoms with Gasteiger partial charge in [-0.3, -0.25) is 9.59 Å². The van der Waals surface area contributed by atoms with Gasteiger partial charge in [-0.25, -0.2) is 5.43 Å². The van der Waals surface area contributed by atoms with Gasteiger partial charge in [-0.15, -0.1) is 0 Å². The predicted molar refractivity (Wildman–Crippen MR) is 121 cm³/mol. The number of benzene rings is 3. The summed E-state index contributed by atoms with van der Waals surface area (Å²) in [5.74, 6) is 0.150. The van der Waals surface area contributed by atoms with Crippen molar-refractivity contribution in [1.82, 2.24) is 5.43 Å². The summed E-state index contributed by atoms with van der Waals surface area (Å²) >= 11 is 3.34. The standard InChI is InChI=1S/C23H20BrN3O3/c1-15(26-27-23(29)18-6-3-7-19(24)13-18)17-5-4-8-20(14-17)25-22(28)16-9-11-21(30-2)12-10-16/h3-14H,1-2H3,(H,25,28)(H,27,29)/b26-15+. The molecule has 3 aromatic carbocycles. The molecule has 0 spiro atoms. The Morgan fingerprint density at radius 1 is 0.867 bits per heavy atom. The molecule has 0 radical (unpaired) electrons. The molecule has 0 aliphatic rings. The summed E-state index contributed by atoms with van der Waals surface area (Å²) in [5.41, 5.74) is 5.58. The number of nitrogens with zero attached hydrogens (tertiary/aromatic N) is 1. The molecule has 2 amide bonds. The number of hydrazone groups is 1. The molecule has 3 aromatic rings. The molecule has 3 rings (SSSR count). The highest BCUT2D eigenvalue weighted by Crippen LogP contribution is 2.16. The number of anilines is 1. The van der Waals surface area contributed by atoms with Gasteiger partial charge in [0, 0.05) is 21.3 Å². The molecular weight excluding hydrogens is 446 g/mol. The first kappa shape index (κ1) is 21.3. The van der Waals surface area contributed by atoms with Gasteiger partial charge in [0.25, 0.3) is 11.8 Å². The maximum Gasteiger partial charge on any atom is 0.271 e. The van der Waals surface area contributed by atoms with Gasteiger partial charge in [0.15, 0.2) is 0 Å². The summed E-state index contributed by atoms with van der Waals surface area (Å²) in [6.45, 7) is 1.78. The smallest absolute Gasteiger partial charge is 0.271 e. The molecule has 0 aromatic heterocycles. The molecule has 0 atom stereocenters. The van der Waals surface area contributed by atoms with Gasteiger partial charge in [-0.1, -0.05) is 34.1 Å². The van der Waals surface area contributed by atoms with Crippen LogP contribution in [0.15, 0.2) is 82.4 Å². The fraction of sp³-hybridized carbons (Fsp3) is 0.0870. The van der Waals surface area contributed by atoms with Gasteiger partial charge in [-0.05, 0) is 67.1 Å². The van der Waals surface area contributed by atoms with Crippen molar-refractivity contribution in [2.45, 2.75) is 6.92 Å². The molecule has 0 aliphatic carbocycles. The highest BCUT2D eigenvalue weighted by atomic mass is 79.9. The van der Waals surface area contributed by atoms with E-state index in [1.54, 1.807) is 68.6 Å². The number of hydrogen-bond acceptors (Lipinski definition) is 4. The van der Waals surface area contributed by atoms with Crippen LogP contribution in [0.4, 0.5) is 5.69 Å². The second-order valence-corrected chi connectivity index (χ2v) is 7.33. The summed E-state index contributed by atoms with van der Waals surface area (Å²) in [6.07, 6.45) is 0. The first-order chi connectivity index (χ1) is 14.5. The maximum absolute atomic E-state index is 12.5. The van der Waals surface area contributed by atoms with Gasteiger partial charge >= 0.3 is 0 Å². The van der Waals surface area contributed by atoms with Gasteiger partial charge in [0.1, 0.15) is 5.75 Å². The summed E-state index contributed by atoms with van der Waals surface area (Å²) in [7, 11) is 1.58. The van der Waals surface area contributed by atoms with E-state index in [-0.39, 0.29) is 11.8 Å². The van der Waals surface area contributed by atoms with Crippen molar-refractivity contribution < 1.29 is 14.3 Å². The largest absolute Gasteiger partial charge is 0.497 e. The molecule has 0 unspecified atom stereocenters. The van der Waals surface area contributed by atoms with Crippen molar-refractivity contribution in [3.8, 4) is 5.75 Å². The summed E-state index contributed by atoms with van der Waals surface area (Å²) in [5, 5.41) is 7.03. The molecule has 6 nitrogen and oxygen atoms in total. The Morgan fingerprint density at radius 3 is 2.27 bits per heavy atom. The zero-order chi connectivity index (χ0) is 21.5. The molecule has 0 saturated heterocycles. The lowest BCUT2D eigenvalue weighted by molar-refractivity contribution is 0.0954. The first-order valence-corrected chi connectivity index (χ1v) is 9.91. The molecule has 0 bridgehead atoms. The van der Waals surface area contributed by atoms with Crippen LogP contribution < -0.4 is 15.5 Å². The van der Waals surface area contributed by atoms with E-state index in [0.29, 0.717) is 28.3 Å². The minimum absolute atomic E-state index is 0.229. The van der Waals surface area contributed by atoms with Crippen LogP contribution in [0.1, 0.15) is 33.2 Å². The average molecular weight is 466 g/mol. The number of nitrogens with one attached hydrogen (secondary N) is 2. The topological polar surface area (TPSA) is 79.8 Å². The van der Waals surface area contributed by atoms with Crippen molar-refractivity contribution in [2.24, 2.45) is 5.10 Å². The van der Waals surface area contributed by atoms with E-state index in [0.717, 1.165) is 10.0 Å². The normalized spacial score (nSPS) is 11.0. The number of halogens is 1.